The predicted molar refractivity (Wildman–Crippen MR) is 70.5 cm³/mol. The normalized spacial score (nSPS) is 18.3. The molecule has 0 aliphatic heterocycles. The molecule has 5 heteroatoms. The van der Waals surface area contributed by atoms with E-state index in [4.69, 9.17) is 9.26 Å². The zero-order chi connectivity index (χ0) is 13.8. The third kappa shape index (κ3) is 3.09. The monoisotopic (exact) mass is 255 g/mol. The maximum absolute atomic E-state index is 5.74. The van der Waals surface area contributed by atoms with Gasteiger partial charge in [0.05, 0.1) is 5.92 Å². The lowest BCUT2D eigenvalue weighted by atomic mass is 10.0. The minimum Gasteiger partial charge on any atom is -0.367 e. The lowest BCUT2D eigenvalue weighted by Gasteiger charge is -2.24. The van der Waals surface area contributed by atoms with E-state index >= 15 is 0 Å². The summed E-state index contributed by atoms with van der Waals surface area (Å²) in [6.45, 7) is 10.8. The van der Waals surface area contributed by atoms with Crippen LogP contribution < -0.4 is 5.32 Å². The molecule has 5 nitrogen and oxygen atoms in total. The van der Waals surface area contributed by atoms with Crippen molar-refractivity contribution in [2.45, 2.75) is 58.6 Å². The fourth-order valence-electron chi connectivity index (χ4n) is 1.74. The molecule has 1 rings (SSSR count). The van der Waals surface area contributed by atoms with E-state index in [9.17, 15) is 0 Å². The van der Waals surface area contributed by atoms with Crippen LogP contribution in [-0.2, 0) is 10.3 Å². The second-order valence-electron chi connectivity index (χ2n) is 4.84. The standard InChI is InChI=1S/C13H25N3O2/c1-7-13(5,17-8-2)12-15-11(18-16-12)9(3)10(4)14-6/h9-10,14H,7-8H2,1-6H3. The quantitative estimate of drug-likeness (QED) is 0.811. The number of ether oxygens (including phenoxy) is 1. The third-order valence-electron chi connectivity index (χ3n) is 3.65. The van der Waals surface area contributed by atoms with Crippen molar-refractivity contribution in [3.05, 3.63) is 11.7 Å². The molecule has 0 amide bonds. The Morgan fingerprint density at radius 3 is 2.56 bits per heavy atom. The number of hydrogen-bond donors (Lipinski definition) is 1. The van der Waals surface area contributed by atoms with Gasteiger partial charge in [-0.3, -0.25) is 0 Å². The minimum absolute atomic E-state index is 0.180. The molecule has 0 aliphatic rings. The summed E-state index contributed by atoms with van der Waals surface area (Å²) in [5.41, 5.74) is -0.459. The summed E-state index contributed by atoms with van der Waals surface area (Å²) in [5, 5.41) is 7.27. The Balaban J connectivity index is 2.91. The molecule has 3 atom stereocenters. The fourth-order valence-corrected chi connectivity index (χ4v) is 1.74. The van der Waals surface area contributed by atoms with Crippen LogP contribution >= 0.6 is 0 Å². The summed E-state index contributed by atoms with van der Waals surface area (Å²) in [4.78, 5) is 4.50. The van der Waals surface area contributed by atoms with Gasteiger partial charge >= 0.3 is 0 Å². The molecule has 0 saturated heterocycles. The number of nitrogens with one attached hydrogen (secondary N) is 1. The van der Waals surface area contributed by atoms with Crippen molar-refractivity contribution in [1.29, 1.82) is 0 Å². The van der Waals surface area contributed by atoms with Crippen LogP contribution in [0.1, 0.15) is 58.7 Å². The highest BCUT2D eigenvalue weighted by Crippen LogP contribution is 2.28. The lowest BCUT2D eigenvalue weighted by molar-refractivity contribution is -0.0403. The molecule has 0 fully saturated rings. The van der Waals surface area contributed by atoms with E-state index in [1.165, 1.54) is 0 Å². The van der Waals surface area contributed by atoms with Crippen LogP contribution in [0.4, 0.5) is 0 Å². The minimum atomic E-state index is -0.459. The Bertz CT molecular complexity index is 367. The van der Waals surface area contributed by atoms with Gasteiger partial charge in [-0.2, -0.15) is 4.98 Å². The molecular formula is C13H25N3O2. The van der Waals surface area contributed by atoms with E-state index < -0.39 is 5.60 Å². The number of nitrogens with zero attached hydrogens (tertiary/aromatic N) is 2. The summed E-state index contributed by atoms with van der Waals surface area (Å²) >= 11 is 0. The first-order valence-electron chi connectivity index (χ1n) is 6.63. The highest BCUT2D eigenvalue weighted by Gasteiger charge is 2.32. The van der Waals surface area contributed by atoms with Crippen LogP contribution in [0.15, 0.2) is 4.52 Å². The van der Waals surface area contributed by atoms with Crippen molar-refractivity contribution in [3.8, 4) is 0 Å². The van der Waals surface area contributed by atoms with Crippen LogP contribution in [-0.4, -0.2) is 29.8 Å². The second kappa shape index (κ2) is 6.29. The van der Waals surface area contributed by atoms with Crippen LogP contribution in [0.3, 0.4) is 0 Å². The van der Waals surface area contributed by atoms with Gasteiger partial charge < -0.3 is 14.6 Å². The molecule has 1 aromatic heterocycles. The van der Waals surface area contributed by atoms with Gasteiger partial charge in [-0.1, -0.05) is 19.0 Å². The molecule has 3 unspecified atom stereocenters. The van der Waals surface area contributed by atoms with Gasteiger partial charge in [0.1, 0.15) is 5.60 Å². The molecular weight excluding hydrogens is 230 g/mol. The molecule has 0 aliphatic carbocycles. The van der Waals surface area contributed by atoms with Crippen molar-refractivity contribution in [2.75, 3.05) is 13.7 Å². The second-order valence-corrected chi connectivity index (χ2v) is 4.84. The zero-order valence-corrected chi connectivity index (χ0v) is 12.3. The molecule has 0 bridgehead atoms. The zero-order valence-electron chi connectivity index (χ0n) is 12.3. The van der Waals surface area contributed by atoms with Gasteiger partial charge in [0, 0.05) is 12.6 Å². The maximum atomic E-state index is 5.74. The first-order valence-corrected chi connectivity index (χ1v) is 6.63. The molecule has 1 aromatic rings. The van der Waals surface area contributed by atoms with E-state index in [2.05, 4.69) is 36.2 Å². The highest BCUT2D eigenvalue weighted by molar-refractivity contribution is 5.03. The Kier molecular flexibility index (Phi) is 5.28. The van der Waals surface area contributed by atoms with E-state index in [0.29, 0.717) is 24.4 Å². The molecule has 0 spiro atoms. The van der Waals surface area contributed by atoms with E-state index in [0.717, 1.165) is 6.42 Å². The number of aromatic nitrogens is 2. The van der Waals surface area contributed by atoms with Gasteiger partial charge in [-0.05, 0) is 34.2 Å². The first kappa shape index (κ1) is 15.1. The smallest absolute Gasteiger partial charge is 0.231 e. The van der Waals surface area contributed by atoms with Crippen molar-refractivity contribution in [2.24, 2.45) is 0 Å². The fraction of sp³-hybridized carbons (Fsp3) is 0.846. The van der Waals surface area contributed by atoms with E-state index in [-0.39, 0.29) is 5.92 Å². The van der Waals surface area contributed by atoms with Crippen molar-refractivity contribution < 1.29 is 9.26 Å². The van der Waals surface area contributed by atoms with Crippen LogP contribution in [0.5, 0.6) is 0 Å². The Morgan fingerprint density at radius 2 is 2.06 bits per heavy atom. The molecule has 0 saturated carbocycles. The molecule has 104 valence electrons. The highest BCUT2D eigenvalue weighted by atomic mass is 16.5. The summed E-state index contributed by atoms with van der Waals surface area (Å²) in [7, 11) is 1.93. The first-order chi connectivity index (χ1) is 8.48. The Labute approximate surface area is 109 Å². The summed E-state index contributed by atoms with van der Waals surface area (Å²) in [6.07, 6.45) is 0.815. The summed E-state index contributed by atoms with van der Waals surface area (Å²) in [6, 6.07) is 0.290. The Hall–Kier alpha value is -0.940. The number of likely N-dealkylation sites (N-methyl/N-ethyl adjacent to an activating group) is 1. The van der Waals surface area contributed by atoms with Gasteiger partial charge in [0.25, 0.3) is 0 Å². The van der Waals surface area contributed by atoms with E-state index in [1.54, 1.807) is 0 Å². The molecule has 0 aromatic carbocycles. The van der Waals surface area contributed by atoms with Gasteiger partial charge in [0.15, 0.2) is 0 Å². The van der Waals surface area contributed by atoms with Crippen LogP contribution in [0.25, 0.3) is 0 Å². The van der Waals surface area contributed by atoms with Crippen LogP contribution in [0.2, 0.25) is 0 Å². The molecule has 1 N–H and O–H groups in total. The largest absolute Gasteiger partial charge is 0.367 e. The lowest BCUT2D eigenvalue weighted by Crippen LogP contribution is -2.28. The average molecular weight is 255 g/mol. The van der Waals surface area contributed by atoms with Gasteiger partial charge in [-0.15, -0.1) is 0 Å². The van der Waals surface area contributed by atoms with E-state index in [1.807, 2.05) is 20.9 Å². The molecule has 18 heavy (non-hydrogen) atoms. The predicted octanol–water partition coefficient (Wildman–Crippen LogP) is 2.44. The average Bonchev–Trinajstić information content (AvgIpc) is 2.87. The number of rotatable bonds is 7. The SMILES string of the molecule is CCOC(C)(CC)c1noc(C(C)C(C)NC)n1. The van der Waals surface area contributed by atoms with Crippen molar-refractivity contribution in [1.82, 2.24) is 15.5 Å². The van der Waals surface area contributed by atoms with Crippen molar-refractivity contribution >= 4 is 0 Å². The molecule has 1 heterocycles. The molecule has 0 radical (unpaired) electrons. The summed E-state index contributed by atoms with van der Waals surface area (Å²) < 4.78 is 11.1. The van der Waals surface area contributed by atoms with Gasteiger partial charge in [0.2, 0.25) is 11.7 Å². The topological polar surface area (TPSA) is 60.2 Å². The maximum Gasteiger partial charge on any atom is 0.231 e. The van der Waals surface area contributed by atoms with Gasteiger partial charge in [-0.25, -0.2) is 0 Å². The van der Waals surface area contributed by atoms with Crippen LogP contribution in [0, 0.1) is 0 Å². The summed E-state index contributed by atoms with van der Waals surface area (Å²) in [5.74, 6) is 1.47. The third-order valence-corrected chi connectivity index (χ3v) is 3.65. The number of hydrogen-bond acceptors (Lipinski definition) is 5. The van der Waals surface area contributed by atoms with Crippen molar-refractivity contribution in [3.63, 3.8) is 0 Å². The Morgan fingerprint density at radius 1 is 1.39 bits per heavy atom.